The van der Waals surface area contributed by atoms with E-state index in [9.17, 15) is 0 Å². The van der Waals surface area contributed by atoms with Crippen LogP contribution in [0.3, 0.4) is 0 Å². The fourth-order valence-corrected chi connectivity index (χ4v) is 1.78. The molecule has 0 aliphatic carbocycles. The number of rotatable bonds is 4. The van der Waals surface area contributed by atoms with E-state index in [0.29, 0.717) is 10.0 Å². The molecule has 0 fully saturated rings. The summed E-state index contributed by atoms with van der Waals surface area (Å²) in [6.07, 6.45) is 0. The second-order valence-corrected chi connectivity index (χ2v) is 5.40. The van der Waals surface area contributed by atoms with Crippen molar-refractivity contribution in [1.29, 1.82) is 0 Å². The van der Waals surface area contributed by atoms with Crippen molar-refractivity contribution in [3.8, 4) is 0 Å². The van der Waals surface area contributed by atoms with Crippen LogP contribution in [0.2, 0.25) is 10.0 Å². The molecule has 1 aromatic carbocycles. The molecule has 0 aromatic heterocycles. The van der Waals surface area contributed by atoms with E-state index in [-0.39, 0.29) is 5.54 Å². The molecule has 90 valence electrons. The first-order valence-electron chi connectivity index (χ1n) is 5.21. The molecule has 16 heavy (non-hydrogen) atoms. The third-order valence-corrected chi connectivity index (χ3v) is 3.39. The van der Waals surface area contributed by atoms with E-state index >= 15 is 0 Å². The number of nitrogens with one attached hydrogen (secondary N) is 1. The predicted molar refractivity (Wildman–Crippen MR) is 72.9 cm³/mol. The number of anilines is 1. The van der Waals surface area contributed by atoms with Crippen molar-refractivity contribution in [3.63, 3.8) is 0 Å². The highest BCUT2D eigenvalue weighted by Crippen LogP contribution is 2.27. The van der Waals surface area contributed by atoms with Crippen LogP contribution >= 0.6 is 23.2 Å². The minimum absolute atomic E-state index is 0.0564. The van der Waals surface area contributed by atoms with E-state index in [1.54, 1.807) is 0 Å². The summed E-state index contributed by atoms with van der Waals surface area (Å²) in [6, 6.07) is 5.68. The van der Waals surface area contributed by atoms with Gasteiger partial charge in [-0.1, -0.05) is 23.2 Å². The molecule has 0 aliphatic heterocycles. The Morgan fingerprint density at radius 3 is 2.38 bits per heavy atom. The van der Waals surface area contributed by atoms with Crippen LogP contribution in [0.1, 0.15) is 13.8 Å². The number of likely N-dealkylation sites (N-methyl/N-ethyl adjacent to an activating group) is 2. The number of halogens is 2. The van der Waals surface area contributed by atoms with Crippen molar-refractivity contribution >= 4 is 28.9 Å². The van der Waals surface area contributed by atoms with Crippen LogP contribution in [0.5, 0.6) is 0 Å². The van der Waals surface area contributed by atoms with Crippen molar-refractivity contribution in [2.45, 2.75) is 19.4 Å². The average Bonchev–Trinajstić information content (AvgIpc) is 2.21. The highest BCUT2D eigenvalue weighted by atomic mass is 35.5. The van der Waals surface area contributed by atoms with E-state index in [1.807, 2.05) is 32.3 Å². The lowest BCUT2D eigenvalue weighted by Gasteiger charge is -2.31. The Morgan fingerprint density at radius 2 is 1.88 bits per heavy atom. The molecular weight excluding hydrogens is 243 g/mol. The van der Waals surface area contributed by atoms with Gasteiger partial charge in [-0.15, -0.1) is 0 Å². The Hall–Kier alpha value is -0.440. The van der Waals surface area contributed by atoms with Crippen LogP contribution in [0.25, 0.3) is 0 Å². The summed E-state index contributed by atoms with van der Waals surface area (Å²) in [5.41, 5.74) is 1.12. The lowest BCUT2D eigenvalue weighted by molar-refractivity contribution is 0.428. The molecule has 0 atom stereocenters. The summed E-state index contributed by atoms with van der Waals surface area (Å²) in [5, 5.41) is 4.45. The monoisotopic (exact) mass is 260 g/mol. The van der Waals surface area contributed by atoms with E-state index in [4.69, 9.17) is 23.2 Å². The van der Waals surface area contributed by atoms with Crippen LogP contribution in [-0.2, 0) is 0 Å². The van der Waals surface area contributed by atoms with Gasteiger partial charge in [-0.25, -0.2) is 0 Å². The molecule has 1 aromatic rings. The van der Waals surface area contributed by atoms with Gasteiger partial charge in [0.05, 0.1) is 10.0 Å². The summed E-state index contributed by atoms with van der Waals surface area (Å²) in [6.45, 7) is 5.20. The highest BCUT2D eigenvalue weighted by molar-refractivity contribution is 6.42. The topological polar surface area (TPSA) is 15.3 Å². The van der Waals surface area contributed by atoms with Gasteiger partial charge in [0.25, 0.3) is 0 Å². The first-order valence-corrected chi connectivity index (χ1v) is 5.96. The maximum absolute atomic E-state index is 5.99. The molecule has 0 aliphatic rings. The van der Waals surface area contributed by atoms with Gasteiger partial charge in [0.2, 0.25) is 0 Å². The lowest BCUT2D eigenvalue weighted by atomic mass is 10.1. The van der Waals surface area contributed by atoms with Gasteiger partial charge in [0.1, 0.15) is 0 Å². The largest absolute Gasteiger partial charge is 0.373 e. The smallest absolute Gasteiger partial charge is 0.0612 e. The standard InChI is InChI=1S/C12H18Cl2N2/c1-12(2,15-3)8-16(4)9-5-6-10(13)11(14)7-9/h5-7,15H,8H2,1-4H3. The van der Waals surface area contributed by atoms with E-state index in [0.717, 1.165) is 12.2 Å². The van der Waals surface area contributed by atoms with Gasteiger partial charge in [0.15, 0.2) is 0 Å². The van der Waals surface area contributed by atoms with Crippen molar-refractivity contribution in [2.75, 3.05) is 25.5 Å². The molecule has 1 N–H and O–H groups in total. The zero-order valence-electron chi connectivity index (χ0n) is 10.1. The minimum atomic E-state index is 0.0564. The zero-order valence-corrected chi connectivity index (χ0v) is 11.7. The van der Waals surface area contributed by atoms with Crippen molar-refractivity contribution in [2.24, 2.45) is 0 Å². The Balaban J connectivity index is 2.81. The van der Waals surface area contributed by atoms with Crippen LogP contribution in [0.4, 0.5) is 5.69 Å². The van der Waals surface area contributed by atoms with Gasteiger partial charge >= 0.3 is 0 Å². The van der Waals surface area contributed by atoms with Crippen LogP contribution in [0.15, 0.2) is 18.2 Å². The van der Waals surface area contributed by atoms with Gasteiger partial charge in [0, 0.05) is 24.8 Å². The normalized spacial score (nSPS) is 11.6. The third-order valence-electron chi connectivity index (χ3n) is 2.65. The molecule has 1 rings (SSSR count). The van der Waals surface area contributed by atoms with Crippen LogP contribution in [-0.4, -0.2) is 26.2 Å². The Bertz CT molecular complexity index is 364. The molecule has 0 heterocycles. The summed E-state index contributed by atoms with van der Waals surface area (Å²) < 4.78 is 0. The molecule has 0 amide bonds. The maximum atomic E-state index is 5.99. The SMILES string of the molecule is CNC(C)(C)CN(C)c1ccc(Cl)c(Cl)c1. The molecule has 0 saturated heterocycles. The Kier molecular flexibility index (Phi) is 4.48. The molecular formula is C12H18Cl2N2. The zero-order chi connectivity index (χ0) is 12.3. The predicted octanol–water partition coefficient (Wildman–Crippen LogP) is 3.43. The Morgan fingerprint density at radius 1 is 1.25 bits per heavy atom. The van der Waals surface area contributed by atoms with Crippen LogP contribution in [0, 0.1) is 0 Å². The number of hydrogen-bond acceptors (Lipinski definition) is 2. The molecule has 0 radical (unpaired) electrons. The molecule has 4 heteroatoms. The molecule has 0 bridgehead atoms. The molecule has 2 nitrogen and oxygen atoms in total. The first kappa shape index (κ1) is 13.6. The summed E-state index contributed by atoms with van der Waals surface area (Å²) in [5.74, 6) is 0. The van der Waals surface area contributed by atoms with E-state index in [1.165, 1.54) is 0 Å². The average molecular weight is 261 g/mol. The first-order chi connectivity index (χ1) is 7.35. The molecule has 0 spiro atoms. The van der Waals surface area contributed by atoms with Crippen molar-refractivity contribution in [1.82, 2.24) is 5.32 Å². The van der Waals surface area contributed by atoms with E-state index < -0.39 is 0 Å². The van der Waals surface area contributed by atoms with Gasteiger partial charge in [-0.2, -0.15) is 0 Å². The quantitative estimate of drug-likeness (QED) is 0.893. The lowest BCUT2D eigenvalue weighted by Crippen LogP contribution is -2.46. The summed E-state index contributed by atoms with van der Waals surface area (Å²) in [4.78, 5) is 2.15. The highest BCUT2D eigenvalue weighted by Gasteiger charge is 2.17. The fraction of sp³-hybridized carbons (Fsp3) is 0.500. The second kappa shape index (κ2) is 5.26. The third kappa shape index (κ3) is 3.55. The fourth-order valence-electron chi connectivity index (χ4n) is 1.49. The summed E-state index contributed by atoms with van der Waals surface area (Å²) in [7, 11) is 4.00. The van der Waals surface area contributed by atoms with Crippen molar-refractivity contribution in [3.05, 3.63) is 28.2 Å². The Labute approximate surface area is 108 Å². The van der Waals surface area contributed by atoms with Gasteiger partial charge in [-0.05, 0) is 39.1 Å². The molecule has 0 saturated carbocycles. The summed E-state index contributed by atoms with van der Waals surface area (Å²) >= 11 is 11.9. The van der Waals surface area contributed by atoms with Gasteiger partial charge < -0.3 is 10.2 Å². The molecule has 0 unspecified atom stereocenters. The number of benzene rings is 1. The second-order valence-electron chi connectivity index (χ2n) is 4.59. The maximum Gasteiger partial charge on any atom is 0.0612 e. The van der Waals surface area contributed by atoms with Crippen LogP contribution < -0.4 is 10.2 Å². The minimum Gasteiger partial charge on any atom is -0.373 e. The number of nitrogens with zero attached hydrogens (tertiary/aromatic N) is 1. The number of hydrogen-bond donors (Lipinski definition) is 1. The van der Waals surface area contributed by atoms with Crippen molar-refractivity contribution < 1.29 is 0 Å². The van der Waals surface area contributed by atoms with E-state index in [2.05, 4.69) is 24.1 Å². The van der Waals surface area contributed by atoms with Gasteiger partial charge in [-0.3, -0.25) is 0 Å².